The fourth-order valence-corrected chi connectivity index (χ4v) is 1.22. The number of ether oxygens (including phenoxy) is 1. The van der Waals surface area contributed by atoms with Crippen molar-refractivity contribution in [3.63, 3.8) is 0 Å². The third-order valence-corrected chi connectivity index (χ3v) is 2.25. The van der Waals surface area contributed by atoms with Crippen LogP contribution in [0.4, 0.5) is 13.2 Å². The molecule has 0 spiro atoms. The fraction of sp³-hybridized carbons (Fsp3) is 0.900. The summed E-state index contributed by atoms with van der Waals surface area (Å²) in [6, 6.07) is 0. The molecule has 0 aliphatic heterocycles. The first-order valence-corrected chi connectivity index (χ1v) is 5.59. The molecule has 17 heavy (non-hydrogen) atoms. The van der Waals surface area contributed by atoms with Gasteiger partial charge in [0.25, 0.3) is 0 Å². The standard InChI is InChI=1S/C10H17F3N2O2/c11-10(12,13)7-17-4-3-15-9(16)6-14-5-8-1-2-8/h8,14H,1-7H2,(H,15,16). The zero-order valence-corrected chi connectivity index (χ0v) is 9.48. The maximum atomic E-state index is 11.7. The van der Waals surface area contributed by atoms with Gasteiger partial charge in [0.1, 0.15) is 6.61 Å². The summed E-state index contributed by atoms with van der Waals surface area (Å²) in [5.74, 6) is 0.471. The number of amides is 1. The summed E-state index contributed by atoms with van der Waals surface area (Å²) in [6.07, 6.45) is -1.89. The second-order valence-corrected chi connectivity index (χ2v) is 4.09. The van der Waals surface area contributed by atoms with Crippen molar-refractivity contribution >= 4 is 5.91 Å². The average Bonchev–Trinajstić information content (AvgIpc) is 2.99. The molecule has 1 amide bonds. The molecule has 0 bridgehead atoms. The summed E-state index contributed by atoms with van der Waals surface area (Å²) in [4.78, 5) is 11.2. The van der Waals surface area contributed by atoms with Crippen LogP contribution in [0, 0.1) is 5.92 Å². The van der Waals surface area contributed by atoms with Crippen LogP contribution in [0.1, 0.15) is 12.8 Å². The van der Waals surface area contributed by atoms with Gasteiger partial charge in [-0.05, 0) is 25.3 Å². The largest absolute Gasteiger partial charge is 0.411 e. The highest BCUT2D eigenvalue weighted by Crippen LogP contribution is 2.27. The van der Waals surface area contributed by atoms with Crippen LogP contribution in [0.2, 0.25) is 0 Å². The van der Waals surface area contributed by atoms with Gasteiger partial charge < -0.3 is 15.4 Å². The Kier molecular flexibility index (Phi) is 5.70. The zero-order chi connectivity index (χ0) is 12.7. The van der Waals surface area contributed by atoms with E-state index in [0.717, 1.165) is 6.54 Å². The number of hydrogen-bond donors (Lipinski definition) is 2. The minimum Gasteiger partial charge on any atom is -0.370 e. The second-order valence-electron chi connectivity index (χ2n) is 4.09. The molecule has 1 rings (SSSR count). The summed E-state index contributed by atoms with van der Waals surface area (Å²) >= 11 is 0. The first kappa shape index (κ1) is 14.2. The van der Waals surface area contributed by atoms with E-state index in [0.29, 0.717) is 5.92 Å². The van der Waals surface area contributed by atoms with Crippen molar-refractivity contribution in [3.8, 4) is 0 Å². The number of rotatable bonds is 8. The molecule has 0 aromatic carbocycles. The van der Waals surface area contributed by atoms with Crippen molar-refractivity contribution < 1.29 is 22.7 Å². The normalized spacial score (nSPS) is 15.9. The molecule has 4 nitrogen and oxygen atoms in total. The van der Waals surface area contributed by atoms with Crippen LogP contribution in [-0.4, -0.2) is 44.9 Å². The van der Waals surface area contributed by atoms with Crippen molar-refractivity contribution in [2.45, 2.75) is 19.0 Å². The molecule has 2 N–H and O–H groups in total. The van der Waals surface area contributed by atoms with Crippen molar-refractivity contribution in [2.24, 2.45) is 5.92 Å². The van der Waals surface area contributed by atoms with Gasteiger partial charge in [0.05, 0.1) is 13.2 Å². The van der Waals surface area contributed by atoms with Gasteiger partial charge in [-0.2, -0.15) is 13.2 Å². The highest BCUT2D eigenvalue weighted by Gasteiger charge is 2.27. The van der Waals surface area contributed by atoms with Gasteiger partial charge in [0, 0.05) is 6.54 Å². The molecule has 0 aromatic rings. The number of carbonyl (C=O) groups excluding carboxylic acids is 1. The van der Waals surface area contributed by atoms with Crippen LogP contribution in [0.5, 0.6) is 0 Å². The summed E-state index contributed by atoms with van der Waals surface area (Å²) in [5, 5.41) is 5.45. The number of nitrogens with one attached hydrogen (secondary N) is 2. The monoisotopic (exact) mass is 254 g/mol. The molecule has 0 heterocycles. The Morgan fingerprint density at radius 2 is 2.06 bits per heavy atom. The Hall–Kier alpha value is -0.820. The third kappa shape index (κ3) is 8.93. The molecule has 1 aliphatic carbocycles. The quantitative estimate of drug-likeness (QED) is 0.626. The lowest BCUT2D eigenvalue weighted by Gasteiger charge is -2.08. The smallest absolute Gasteiger partial charge is 0.370 e. The number of alkyl halides is 3. The van der Waals surface area contributed by atoms with E-state index >= 15 is 0 Å². The first-order valence-electron chi connectivity index (χ1n) is 5.59. The predicted octanol–water partition coefficient (Wildman–Crippen LogP) is 0.681. The van der Waals surface area contributed by atoms with Crippen molar-refractivity contribution in [2.75, 3.05) is 32.8 Å². The fourth-order valence-electron chi connectivity index (χ4n) is 1.22. The van der Waals surface area contributed by atoms with Crippen molar-refractivity contribution in [1.29, 1.82) is 0 Å². The molecule has 0 radical (unpaired) electrons. The Bertz CT molecular complexity index is 242. The van der Waals surface area contributed by atoms with E-state index in [9.17, 15) is 18.0 Å². The van der Waals surface area contributed by atoms with Crippen molar-refractivity contribution in [1.82, 2.24) is 10.6 Å². The minimum absolute atomic E-state index is 0.0972. The number of halogens is 3. The molecule has 0 unspecified atom stereocenters. The van der Waals surface area contributed by atoms with Crippen molar-refractivity contribution in [3.05, 3.63) is 0 Å². The zero-order valence-electron chi connectivity index (χ0n) is 9.48. The van der Waals surface area contributed by atoms with Crippen LogP contribution in [0.25, 0.3) is 0 Å². The lowest BCUT2D eigenvalue weighted by Crippen LogP contribution is -2.36. The highest BCUT2D eigenvalue weighted by molar-refractivity contribution is 5.77. The van der Waals surface area contributed by atoms with Crippen LogP contribution in [0.15, 0.2) is 0 Å². The average molecular weight is 254 g/mol. The summed E-state index contributed by atoms with van der Waals surface area (Å²) in [7, 11) is 0. The van der Waals surface area contributed by atoms with Crippen LogP contribution in [-0.2, 0) is 9.53 Å². The molecular formula is C10H17F3N2O2. The van der Waals surface area contributed by atoms with E-state index in [1.54, 1.807) is 0 Å². The number of hydrogen-bond acceptors (Lipinski definition) is 3. The Labute approximate surface area is 97.9 Å². The number of carbonyl (C=O) groups is 1. The lowest BCUT2D eigenvalue weighted by atomic mass is 10.4. The minimum atomic E-state index is -4.31. The summed E-state index contributed by atoms with van der Waals surface area (Å²) < 4.78 is 39.3. The molecule has 0 saturated heterocycles. The van der Waals surface area contributed by atoms with E-state index in [1.165, 1.54) is 12.8 Å². The topological polar surface area (TPSA) is 50.4 Å². The van der Waals surface area contributed by atoms with Gasteiger partial charge in [-0.1, -0.05) is 0 Å². The van der Waals surface area contributed by atoms with Crippen LogP contribution in [0.3, 0.4) is 0 Å². The maximum absolute atomic E-state index is 11.7. The van der Waals surface area contributed by atoms with Crippen LogP contribution < -0.4 is 10.6 Å². The predicted molar refractivity (Wildman–Crippen MR) is 55.5 cm³/mol. The lowest BCUT2D eigenvalue weighted by molar-refractivity contribution is -0.173. The summed E-state index contributed by atoms with van der Waals surface area (Å²) in [6.45, 7) is -0.273. The summed E-state index contributed by atoms with van der Waals surface area (Å²) in [5.41, 5.74) is 0. The van der Waals surface area contributed by atoms with Gasteiger partial charge in [-0.3, -0.25) is 4.79 Å². The molecule has 100 valence electrons. The second kappa shape index (κ2) is 6.80. The third-order valence-electron chi connectivity index (χ3n) is 2.25. The molecule has 0 aromatic heterocycles. The first-order chi connectivity index (χ1) is 7.97. The van der Waals surface area contributed by atoms with E-state index in [4.69, 9.17) is 0 Å². The van der Waals surface area contributed by atoms with Gasteiger partial charge in [-0.25, -0.2) is 0 Å². The molecule has 1 saturated carbocycles. The van der Waals surface area contributed by atoms with E-state index in [1.807, 2.05) is 0 Å². The Balaban J connectivity index is 1.85. The van der Waals surface area contributed by atoms with E-state index in [2.05, 4.69) is 15.4 Å². The van der Waals surface area contributed by atoms with Gasteiger partial charge >= 0.3 is 6.18 Å². The maximum Gasteiger partial charge on any atom is 0.411 e. The van der Waals surface area contributed by atoms with E-state index in [-0.39, 0.29) is 25.6 Å². The Morgan fingerprint density at radius 1 is 1.35 bits per heavy atom. The van der Waals surface area contributed by atoms with Crippen LogP contribution >= 0.6 is 0 Å². The van der Waals surface area contributed by atoms with Gasteiger partial charge in [-0.15, -0.1) is 0 Å². The molecule has 1 aliphatic rings. The molecule has 7 heteroatoms. The Morgan fingerprint density at radius 3 is 2.65 bits per heavy atom. The van der Waals surface area contributed by atoms with Gasteiger partial charge in [0.2, 0.25) is 5.91 Å². The molecular weight excluding hydrogens is 237 g/mol. The molecule has 0 atom stereocenters. The van der Waals surface area contributed by atoms with Gasteiger partial charge in [0.15, 0.2) is 0 Å². The molecule has 1 fully saturated rings. The highest BCUT2D eigenvalue weighted by atomic mass is 19.4. The van der Waals surface area contributed by atoms with E-state index < -0.39 is 12.8 Å². The SMILES string of the molecule is O=C(CNCC1CC1)NCCOCC(F)(F)F.